The minimum atomic E-state index is -0.404. The number of H-pyrrole nitrogens is 1. The molecule has 3 N–H and O–H groups in total. The maximum Gasteiger partial charge on any atom is 0.278 e. The fraction of sp³-hybridized carbons (Fsp3) is 0.0833. The Bertz CT molecular complexity index is 1410. The van der Waals surface area contributed by atoms with Crippen LogP contribution in [0.4, 0.5) is 11.4 Å². The highest BCUT2D eigenvalue weighted by Crippen LogP contribution is 2.30. The molecule has 164 valence electrons. The summed E-state index contributed by atoms with van der Waals surface area (Å²) in [6, 6.07) is 18.2. The Balaban J connectivity index is 1.62. The van der Waals surface area contributed by atoms with Gasteiger partial charge < -0.3 is 15.3 Å². The van der Waals surface area contributed by atoms with E-state index >= 15 is 0 Å². The van der Waals surface area contributed by atoms with Crippen molar-refractivity contribution in [3.8, 4) is 17.0 Å². The molecule has 1 amide bonds. The Hall–Kier alpha value is -4.66. The van der Waals surface area contributed by atoms with E-state index in [0.29, 0.717) is 23.6 Å². The standard InChI is InChI=1S/C24H21N7O2/c1-30(15-16-6-3-2-4-7-16)22-21(24(33)28-18-8-5-9-19(32)12-18)29-31-20(10-11-25-23(22)31)17-13-26-27-14-17/h2-14,32H,15H2,1H3,(H,26,27)(H,28,33). The van der Waals surface area contributed by atoms with Gasteiger partial charge in [0.1, 0.15) is 11.4 Å². The highest BCUT2D eigenvalue weighted by atomic mass is 16.3. The summed E-state index contributed by atoms with van der Waals surface area (Å²) in [4.78, 5) is 19.8. The Labute approximate surface area is 189 Å². The van der Waals surface area contributed by atoms with Gasteiger partial charge in [0.15, 0.2) is 11.3 Å². The summed E-state index contributed by atoms with van der Waals surface area (Å²) in [7, 11) is 1.90. The predicted octanol–water partition coefficient (Wildman–Crippen LogP) is 3.71. The molecular weight excluding hydrogens is 418 g/mol. The molecule has 3 heterocycles. The molecule has 0 saturated carbocycles. The van der Waals surface area contributed by atoms with Crippen LogP contribution < -0.4 is 10.2 Å². The Morgan fingerprint density at radius 1 is 1.15 bits per heavy atom. The molecule has 0 aliphatic heterocycles. The summed E-state index contributed by atoms with van der Waals surface area (Å²) >= 11 is 0. The molecule has 3 aromatic heterocycles. The van der Waals surface area contributed by atoms with E-state index in [4.69, 9.17) is 0 Å². The summed E-state index contributed by atoms with van der Waals surface area (Å²) < 4.78 is 1.65. The van der Waals surface area contributed by atoms with Gasteiger partial charge in [-0.15, -0.1) is 0 Å². The lowest BCUT2D eigenvalue weighted by Crippen LogP contribution is -2.21. The fourth-order valence-electron chi connectivity index (χ4n) is 3.76. The number of hydrogen-bond acceptors (Lipinski definition) is 6. The third-order valence-corrected chi connectivity index (χ3v) is 5.25. The molecular formula is C24H21N7O2. The third kappa shape index (κ3) is 3.99. The van der Waals surface area contributed by atoms with Crippen LogP contribution in [0.25, 0.3) is 16.9 Å². The number of anilines is 2. The highest BCUT2D eigenvalue weighted by Gasteiger charge is 2.25. The van der Waals surface area contributed by atoms with Crippen LogP contribution >= 0.6 is 0 Å². The molecule has 0 aliphatic carbocycles. The minimum absolute atomic E-state index is 0.0631. The Morgan fingerprint density at radius 2 is 2.00 bits per heavy atom. The zero-order valence-corrected chi connectivity index (χ0v) is 17.8. The zero-order chi connectivity index (χ0) is 22.8. The van der Waals surface area contributed by atoms with Crippen LogP contribution in [0.5, 0.6) is 5.75 Å². The topological polar surface area (TPSA) is 111 Å². The molecule has 0 bridgehead atoms. The van der Waals surface area contributed by atoms with Crippen molar-refractivity contribution in [2.45, 2.75) is 6.54 Å². The van der Waals surface area contributed by atoms with Crippen LogP contribution in [0.2, 0.25) is 0 Å². The van der Waals surface area contributed by atoms with E-state index in [2.05, 4.69) is 25.6 Å². The molecule has 2 aromatic carbocycles. The van der Waals surface area contributed by atoms with Crippen molar-refractivity contribution in [3.05, 3.63) is 90.5 Å². The number of aromatic amines is 1. The Kier molecular flexibility index (Phi) is 5.19. The molecule has 0 atom stereocenters. The number of amides is 1. The molecule has 0 spiro atoms. The van der Waals surface area contributed by atoms with Crippen LogP contribution in [0.1, 0.15) is 16.1 Å². The first-order valence-corrected chi connectivity index (χ1v) is 10.3. The molecule has 9 heteroatoms. The van der Waals surface area contributed by atoms with Crippen molar-refractivity contribution in [1.82, 2.24) is 24.8 Å². The number of nitrogens with one attached hydrogen (secondary N) is 2. The smallest absolute Gasteiger partial charge is 0.278 e. The van der Waals surface area contributed by atoms with Gasteiger partial charge in [-0.3, -0.25) is 9.89 Å². The monoisotopic (exact) mass is 439 g/mol. The number of aromatic nitrogens is 5. The van der Waals surface area contributed by atoms with E-state index in [-0.39, 0.29) is 11.4 Å². The molecule has 5 rings (SSSR count). The van der Waals surface area contributed by atoms with Gasteiger partial charge in [0, 0.05) is 43.3 Å². The number of rotatable bonds is 6. The lowest BCUT2D eigenvalue weighted by Gasteiger charge is -2.19. The number of nitrogens with zero attached hydrogens (tertiary/aromatic N) is 5. The van der Waals surface area contributed by atoms with Crippen molar-refractivity contribution in [2.24, 2.45) is 0 Å². The number of aromatic hydroxyl groups is 1. The van der Waals surface area contributed by atoms with E-state index in [0.717, 1.165) is 16.8 Å². The molecule has 0 aliphatic rings. The van der Waals surface area contributed by atoms with E-state index in [1.54, 1.807) is 41.3 Å². The van der Waals surface area contributed by atoms with E-state index in [9.17, 15) is 9.90 Å². The number of hydrogen-bond donors (Lipinski definition) is 3. The van der Waals surface area contributed by atoms with Gasteiger partial charge >= 0.3 is 0 Å². The molecule has 0 fully saturated rings. The van der Waals surface area contributed by atoms with Gasteiger partial charge in [0.2, 0.25) is 0 Å². The SMILES string of the molecule is CN(Cc1ccccc1)c1c(C(=O)Nc2cccc(O)c2)nn2c(-c3cn[nH]c3)ccnc12. The van der Waals surface area contributed by atoms with E-state index in [1.807, 2.05) is 48.3 Å². The van der Waals surface area contributed by atoms with Crippen LogP contribution in [0.15, 0.2) is 79.3 Å². The number of fused-ring (bicyclic) bond motifs is 1. The summed E-state index contributed by atoms with van der Waals surface area (Å²) in [5, 5.41) is 24.1. The first-order valence-electron chi connectivity index (χ1n) is 10.3. The van der Waals surface area contributed by atoms with Crippen LogP contribution in [-0.4, -0.2) is 42.9 Å². The quantitative estimate of drug-likeness (QED) is 0.372. The molecule has 33 heavy (non-hydrogen) atoms. The second kappa shape index (κ2) is 8.46. The number of benzene rings is 2. The lowest BCUT2D eigenvalue weighted by atomic mass is 10.2. The number of carbonyl (C=O) groups excluding carboxylic acids is 1. The first kappa shape index (κ1) is 20.3. The van der Waals surface area contributed by atoms with Crippen LogP contribution in [0.3, 0.4) is 0 Å². The van der Waals surface area contributed by atoms with Gasteiger partial charge in [0.25, 0.3) is 5.91 Å². The molecule has 0 saturated heterocycles. The number of phenols is 1. The lowest BCUT2D eigenvalue weighted by molar-refractivity contribution is 0.102. The van der Waals surface area contributed by atoms with Crippen LogP contribution in [-0.2, 0) is 6.54 Å². The van der Waals surface area contributed by atoms with Crippen molar-refractivity contribution >= 4 is 22.9 Å². The van der Waals surface area contributed by atoms with E-state index < -0.39 is 5.91 Å². The number of phenolic OH excluding ortho intramolecular Hbond substituents is 1. The molecule has 5 aromatic rings. The largest absolute Gasteiger partial charge is 0.508 e. The summed E-state index contributed by atoms with van der Waals surface area (Å²) in [6.07, 6.45) is 5.14. The summed E-state index contributed by atoms with van der Waals surface area (Å²) in [6.45, 7) is 0.562. The van der Waals surface area contributed by atoms with Crippen molar-refractivity contribution in [3.63, 3.8) is 0 Å². The van der Waals surface area contributed by atoms with Gasteiger partial charge in [-0.2, -0.15) is 10.2 Å². The van der Waals surface area contributed by atoms with Gasteiger partial charge in [0.05, 0.1) is 11.9 Å². The zero-order valence-electron chi connectivity index (χ0n) is 17.8. The summed E-state index contributed by atoms with van der Waals surface area (Å²) in [5.74, 6) is -0.340. The average molecular weight is 439 g/mol. The second-order valence-corrected chi connectivity index (χ2v) is 7.60. The maximum atomic E-state index is 13.3. The maximum absolute atomic E-state index is 13.3. The van der Waals surface area contributed by atoms with Gasteiger partial charge in [-0.05, 0) is 23.8 Å². The highest BCUT2D eigenvalue weighted by molar-refractivity contribution is 6.09. The van der Waals surface area contributed by atoms with E-state index in [1.165, 1.54) is 6.07 Å². The molecule has 0 unspecified atom stereocenters. The van der Waals surface area contributed by atoms with Crippen molar-refractivity contribution in [2.75, 3.05) is 17.3 Å². The third-order valence-electron chi connectivity index (χ3n) is 5.25. The fourth-order valence-corrected chi connectivity index (χ4v) is 3.76. The van der Waals surface area contributed by atoms with Crippen molar-refractivity contribution < 1.29 is 9.90 Å². The van der Waals surface area contributed by atoms with Gasteiger partial charge in [-0.25, -0.2) is 9.50 Å². The Morgan fingerprint density at radius 3 is 2.76 bits per heavy atom. The van der Waals surface area contributed by atoms with Crippen molar-refractivity contribution in [1.29, 1.82) is 0 Å². The predicted molar refractivity (Wildman–Crippen MR) is 125 cm³/mol. The minimum Gasteiger partial charge on any atom is -0.508 e. The molecule has 9 nitrogen and oxygen atoms in total. The average Bonchev–Trinajstić information content (AvgIpc) is 3.48. The first-order chi connectivity index (χ1) is 16.1. The normalized spacial score (nSPS) is 10.9. The van der Waals surface area contributed by atoms with Gasteiger partial charge in [-0.1, -0.05) is 36.4 Å². The van der Waals surface area contributed by atoms with Crippen LogP contribution in [0, 0.1) is 0 Å². The number of carbonyl (C=O) groups is 1. The summed E-state index contributed by atoms with van der Waals surface area (Å²) in [5.41, 5.74) is 4.50. The molecule has 0 radical (unpaired) electrons. The second-order valence-electron chi connectivity index (χ2n) is 7.60.